The number of anilines is 2. The van der Waals surface area contributed by atoms with Crippen molar-refractivity contribution in [2.24, 2.45) is 0 Å². The summed E-state index contributed by atoms with van der Waals surface area (Å²) in [7, 11) is 0. The van der Waals surface area contributed by atoms with E-state index in [2.05, 4.69) is 25.5 Å². The molecule has 3 aromatic heterocycles. The minimum absolute atomic E-state index is 0.244. The lowest BCUT2D eigenvalue weighted by Crippen LogP contribution is -1.99. The molecule has 8 heteroatoms. The number of carbonyl (C=O) groups excluding carboxylic acids is 1. The Morgan fingerprint density at radius 2 is 2.04 bits per heavy atom. The molecule has 0 saturated heterocycles. The van der Waals surface area contributed by atoms with E-state index in [0.29, 0.717) is 22.4 Å². The van der Waals surface area contributed by atoms with Gasteiger partial charge in [-0.3, -0.25) is 4.57 Å². The minimum atomic E-state index is 0.244. The van der Waals surface area contributed by atoms with Crippen molar-refractivity contribution in [3.8, 4) is 5.82 Å². The first-order valence-corrected chi connectivity index (χ1v) is 8.66. The van der Waals surface area contributed by atoms with Crippen molar-refractivity contribution >= 4 is 40.4 Å². The highest BCUT2D eigenvalue weighted by atomic mass is 35.5. The van der Waals surface area contributed by atoms with Gasteiger partial charge in [0.2, 0.25) is 0 Å². The predicted octanol–water partition coefficient (Wildman–Crippen LogP) is 3.66. The van der Waals surface area contributed by atoms with E-state index in [1.54, 1.807) is 12.4 Å². The Morgan fingerprint density at radius 1 is 1.15 bits per heavy atom. The fraction of sp³-hybridized carbons (Fsp3) is 0.105. The van der Waals surface area contributed by atoms with Crippen LogP contribution in [0.2, 0.25) is 5.15 Å². The number of rotatable bonds is 5. The van der Waals surface area contributed by atoms with Gasteiger partial charge in [-0.15, -0.1) is 5.10 Å². The molecule has 1 N–H and O–H groups in total. The number of aryl methyl sites for hydroxylation is 1. The number of imidazole rings is 1. The SMILES string of the molecule is Cc1ccc(Nc2ccc3c(c2)ncn3-c2ccc(CC=O)c(Cl)n2)nn1. The Hall–Kier alpha value is -3.32. The molecule has 3 heterocycles. The number of nitrogens with one attached hydrogen (secondary N) is 1. The van der Waals surface area contributed by atoms with E-state index in [0.717, 1.165) is 28.7 Å². The Labute approximate surface area is 160 Å². The van der Waals surface area contributed by atoms with Crippen LogP contribution in [-0.2, 0) is 11.2 Å². The van der Waals surface area contributed by atoms with Crippen LogP contribution in [0, 0.1) is 6.92 Å². The number of benzene rings is 1. The van der Waals surface area contributed by atoms with Crippen molar-refractivity contribution in [2.75, 3.05) is 5.32 Å². The summed E-state index contributed by atoms with van der Waals surface area (Å²) in [5, 5.41) is 11.7. The molecule has 0 aliphatic carbocycles. The van der Waals surface area contributed by atoms with Gasteiger partial charge in [-0.2, -0.15) is 5.10 Å². The molecule has 27 heavy (non-hydrogen) atoms. The molecule has 7 nitrogen and oxygen atoms in total. The summed E-state index contributed by atoms with van der Waals surface area (Å²) >= 11 is 6.18. The lowest BCUT2D eigenvalue weighted by Gasteiger charge is -2.07. The molecular weight excluding hydrogens is 364 g/mol. The van der Waals surface area contributed by atoms with Crippen LogP contribution in [0.4, 0.5) is 11.5 Å². The van der Waals surface area contributed by atoms with Gasteiger partial charge in [-0.1, -0.05) is 17.7 Å². The number of halogens is 1. The van der Waals surface area contributed by atoms with Crippen molar-refractivity contribution in [3.63, 3.8) is 0 Å². The molecule has 1 aromatic carbocycles. The highest BCUT2D eigenvalue weighted by molar-refractivity contribution is 6.30. The largest absolute Gasteiger partial charge is 0.339 e. The van der Waals surface area contributed by atoms with Gasteiger partial charge in [0.15, 0.2) is 5.82 Å². The van der Waals surface area contributed by atoms with Crippen LogP contribution in [0.15, 0.2) is 48.8 Å². The van der Waals surface area contributed by atoms with Crippen LogP contribution in [0.25, 0.3) is 16.9 Å². The van der Waals surface area contributed by atoms with Gasteiger partial charge in [0, 0.05) is 12.1 Å². The average molecular weight is 379 g/mol. The molecule has 0 amide bonds. The van der Waals surface area contributed by atoms with Gasteiger partial charge in [0.25, 0.3) is 0 Å². The van der Waals surface area contributed by atoms with E-state index in [1.807, 2.05) is 47.9 Å². The van der Waals surface area contributed by atoms with Gasteiger partial charge in [-0.05, 0) is 48.9 Å². The Balaban J connectivity index is 1.65. The molecule has 0 radical (unpaired) electrons. The fourth-order valence-corrected chi connectivity index (χ4v) is 2.94. The Bertz CT molecular complexity index is 1120. The zero-order chi connectivity index (χ0) is 18.8. The zero-order valence-electron chi connectivity index (χ0n) is 14.4. The number of aldehydes is 1. The average Bonchev–Trinajstić information content (AvgIpc) is 3.09. The lowest BCUT2D eigenvalue weighted by molar-refractivity contribution is -0.107. The van der Waals surface area contributed by atoms with Gasteiger partial charge >= 0.3 is 0 Å². The maximum atomic E-state index is 10.7. The maximum Gasteiger partial charge on any atom is 0.153 e. The minimum Gasteiger partial charge on any atom is -0.339 e. The van der Waals surface area contributed by atoms with Crippen LogP contribution in [0.3, 0.4) is 0 Å². The second-order valence-corrected chi connectivity index (χ2v) is 6.35. The van der Waals surface area contributed by atoms with Gasteiger partial charge in [0.05, 0.1) is 16.7 Å². The zero-order valence-corrected chi connectivity index (χ0v) is 15.2. The standard InChI is InChI=1S/C19H15ClN6O/c1-12-2-6-17(25-24-12)22-14-4-5-16-15(10-14)21-11-26(16)18-7-3-13(8-9-27)19(20)23-18/h2-7,9-11H,8H2,1H3,(H,22,25). The maximum absolute atomic E-state index is 10.7. The van der Waals surface area contributed by atoms with E-state index < -0.39 is 0 Å². The summed E-state index contributed by atoms with van der Waals surface area (Å²) in [5.41, 5.74) is 4.11. The van der Waals surface area contributed by atoms with E-state index in [4.69, 9.17) is 11.6 Å². The van der Waals surface area contributed by atoms with Gasteiger partial charge in [0.1, 0.15) is 23.6 Å². The summed E-state index contributed by atoms with van der Waals surface area (Å²) in [5.74, 6) is 1.31. The van der Waals surface area contributed by atoms with E-state index in [-0.39, 0.29) is 6.42 Å². The number of nitrogens with zero attached hydrogens (tertiary/aromatic N) is 5. The third-order valence-corrected chi connectivity index (χ3v) is 4.41. The fourth-order valence-electron chi connectivity index (χ4n) is 2.72. The van der Waals surface area contributed by atoms with Crippen LogP contribution in [-0.4, -0.2) is 31.0 Å². The van der Waals surface area contributed by atoms with Crippen molar-refractivity contribution < 1.29 is 4.79 Å². The Kier molecular flexibility index (Phi) is 4.52. The van der Waals surface area contributed by atoms with Crippen LogP contribution in [0.1, 0.15) is 11.3 Å². The van der Waals surface area contributed by atoms with E-state index in [1.165, 1.54) is 0 Å². The number of pyridine rings is 1. The monoisotopic (exact) mass is 378 g/mol. The summed E-state index contributed by atoms with van der Waals surface area (Å²) in [6.07, 6.45) is 2.74. The molecule has 0 aliphatic rings. The van der Waals surface area contributed by atoms with Crippen molar-refractivity contribution in [2.45, 2.75) is 13.3 Å². The summed E-state index contributed by atoms with van der Waals surface area (Å²) in [6, 6.07) is 13.2. The first kappa shape index (κ1) is 17.1. The highest BCUT2D eigenvalue weighted by Gasteiger charge is 2.09. The second kappa shape index (κ2) is 7.13. The van der Waals surface area contributed by atoms with Crippen LogP contribution < -0.4 is 5.32 Å². The molecule has 0 spiro atoms. The molecular formula is C19H15ClN6O. The topological polar surface area (TPSA) is 85.6 Å². The molecule has 134 valence electrons. The number of carbonyl (C=O) groups is 1. The number of hydrogen-bond acceptors (Lipinski definition) is 6. The Morgan fingerprint density at radius 3 is 2.78 bits per heavy atom. The predicted molar refractivity (Wildman–Crippen MR) is 104 cm³/mol. The summed E-state index contributed by atoms with van der Waals surface area (Å²) in [6.45, 7) is 1.89. The molecule has 0 unspecified atom stereocenters. The highest BCUT2D eigenvalue weighted by Crippen LogP contribution is 2.24. The molecule has 0 saturated carbocycles. The van der Waals surface area contributed by atoms with E-state index >= 15 is 0 Å². The number of aromatic nitrogens is 5. The number of hydrogen-bond donors (Lipinski definition) is 1. The smallest absolute Gasteiger partial charge is 0.153 e. The first-order chi connectivity index (χ1) is 13.1. The molecule has 4 aromatic rings. The first-order valence-electron chi connectivity index (χ1n) is 8.28. The second-order valence-electron chi connectivity index (χ2n) is 5.99. The van der Waals surface area contributed by atoms with E-state index in [9.17, 15) is 4.79 Å². The quantitative estimate of drug-likeness (QED) is 0.421. The molecule has 0 bridgehead atoms. The van der Waals surface area contributed by atoms with Gasteiger partial charge in [-0.25, -0.2) is 9.97 Å². The van der Waals surface area contributed by atoms with Crippen molar-refractivity contribution in [1.29, 1.82) is 0 Å². The number of fused-ring (bicyclic) bond motifs is 1. The summed E-state index contributed by atoms with van der Waals surface area (Å²) in [4.78, 5) is 19.5. The molecule has 0 fully saturated rings. The van der Waals surface area contributed by atoms with Crippen molar-refractivity contribution in [1.82, 2.24) is 24.7 Å². The van der Waals surface area contributed by atoms with Crippen LogP contribution >= 0.6 is 11.6 Å². The summed E-state index contributed by atoms with van der Waals surface area (Å²) < 4.78 is 1.85. The third-order valence-electron chi connectivity index (χ3n) is 4.08. The lowest BCUT2D eigenvalue weighted by atomic mass is 10.2. The molecule has 0 atom stereocenters. The molecule has 4 rings (SSSR count). The van der Waals surface area contributed by atoms with Gasteiger partial charge < -0.3 is 10.1 Å². The molecule has 0 aliphatic heterocycles. The normalized spacial score (nSPS) is 10.9. The third kappa shape index (κ3) is 3.50. The van der Waals surface area contributed by atoms with Crippen molar-refractivity contribution in [3.05, 3.63) is 65.2 Å². The van der Waals surface area contributed by atoms with Crippen LogP contribution in [0.5, 0.6) is 0 Å².